The third-order valence-electron chi connectivity index (χ3n) is 3.13. The summed E-state index contributed by atoms with van der Waals surface area (Å²) in [5.41, 5.74) is 0. The number of likely N-dealkylation sites (N-methyl/N-ethyl adjacent to an activating group) is 1. The van der Waals surface area contributed by atoms with Crippen LogP contribution in [0.1, 0.15) is 12.8 Å². The van der Waals surface area contributed by atoms with Crippen LogP contribution in [0.2, 0.25) is 0 Å². The van der Waals surface area contributed by atoms with Gasteiger partial charge in [-0.3, -0.25) is 14.5 Å². The van der Waals surface area contributed by atoms with Gasteiger partial charge in [-0.05, 0) is 6.42 Å². The van der Waals surface area contributed by atoms with Crippen molar-refractivity contribution in [2.24, 2.45) is 0 Å². The average Bonchev–Trinajstić information content (AvgIpc) is 2.36. The molecule has 0 unspecified atom stereocenters. The molecule has 0 aromatic heterocycles. The number of hydrogen-bond donors (Lipinski definition) is 1. The van der Waals surface area contributed by atoms with E-state index in [9.17, 15) is 9.59 Å². The predicted molar refractivity (Wildman–Crippen MR) is 68.0 cm³/mol. The molecule has 0 saturated carbocycles. The van der Waals surface area contributed by atoms with Crippen molar-refractivity contribution in [2.45, 2.75) is 12.8 Å². The average molecular weight is 257 g/mol. The molecule has 6 nitrogen and oxygen atoms in total. The van der Waals surface area contributed by atoms with E-state index in [-0.39, 0.29) is 18.4 Å². The van der Waals surface area contributed by atoms with Crippen LogP contribution in [-0.2, 0) is 9.59 Å². The number of amides is 2. The normalized spacial score (nSPS) is 16.7. The highest BCUT2D eigenvalue weighted by Gasteiger charge is 2.22. The van der Waals surface area contributed by atoms with E-state index in [1.165, 1.54) is 0 Å². The van der Waals surface area contributed by atoms with Crippen molar-refractivity contribution in [1.82, 2.24) is 14.7 Å². The fourth-order valence-corrected chi connectivity index (χ4v) is 1.88. The highest BCUT2D eigenvalue weighted by molar-refractivity contribution is 5.78. The van der Waals surface area contributed by atoms with Crippen LogP contribution in [0.15, 0.2) is 0 Å². The summed E-state index contributed by atoms with van der Waals surface area (Å²) in [4.78, 5) is 28.7. The molecule has 0 atom stereocenters. The number of piperazine rings is 1. The van der Waals surface area contributed by atoms with E-state index in [1.807, 2.05) is 4.90 Å². The summed E-state index contributed by atoms with van der Waals surface area (Å²) in [6.45, 7) is 3.31. The summed E-state index contributed by atoms with van der Waals surface area (Å²) in [5, 5.41) is 8.69. The number of hydrogen-bond acceptors (Lipinski definition) is 4. The fraction of sp³-hybridized carbons (Fsp3) is 0.833. The van der Waals surface area contributed by atoms with Gasteiger partial charge in [0.1, 0.15) is 0 Å². The van der Waals surface area contributed by atoms with Crippen molar-refractivity contribution in [1.29, 1.82) is 0 Å². The number of aliphatic hydroxyl groups excluding tert-OH is 1. The van der Waals surface area contributed by atoms with Crippen LogP contribution in [0.5, 0.6) is 0 Å². The molecule has 0 aromatic rings. The quantitative estimate of drug-likeness (QED) is 0.685. The maximum Gasteiger partial charge on any atom is 0.236 e. The van der Waals surface area contributed by atoms with Crippen molar-refractivity contribution < 1.29 is 14.7 Å². The summed E-state index contributed by atoms with van der Waals surface area (Å²) in [5.74, 6) is 0.192. The molecule has 0 spiro atoms. The third-order valence-corrected chi connectivity index (χ3v) is 3.13. The first-order valence-electron chi connectivity index (χ1n) is 6.35. The van der Waals surface area contributed by atoms with Crippen molar-refractivity contribution in [3.05, 3.63) is 0 Å². The fourth-order valence-electron chi connectivity index (χ4n) is 1.88. The van der Waals surface area contributed by atoms with Gasteiger partial charge < -0.3 is 14.9 Å². The van der Waals surface area contributed by atoms with Crippen LogP contribution in [0.3, 0.4) is 0 Å². The zero-order chi connectivity index (χ0) is 13.5. The van der Waals surface area contributed by atoms with Crippen molar-refractivity contribution in [3.63, 3.8) is 0 Å². The lowest BCUT2D eigenvalue weighted by atomic mass is 10.2. The van der Waals surface area contributed by atoms with E-state index >= 15 is 0 Å². The van der Waals surface area contributed by atoms with Gasteiger partial charge in [0.2, 0.25) is 11.8 Å². The number of rotatable bonds is 5. The zero-order valence-corrected chi connectivity index (χ0v) is 11.3. The molecule has 18 heavy (non-hydrogen) atoms. The lowest BCUT2D eigenvalue weighted by Crippen LogP contribution is -2.51. The summed E-state index contributed by atoms with van der Waals surface area (Å²) < 4.78 is 0. The van der Waals surface area contributed by atoms with Crippen LogP contribution in [0.4, 0.5) is 0 Å². The minimum atomic E-state index is 0.0586. The molecule has 6 heteroatoms. The van der Waals surface area contributed by atoms with E-state index in [0.29, 0.717) is 32.5 Å². The number of nitrogens with zero attached hydrogens (tertiary/aromatic N) is 3. The van der Waals surface area contributed by atoms with E-state index in [4.69, 9.17) is 5.11 Å². The molecule has 0 bridgehead atoms. The topological polar surface area (TPSA) is 64.1 Å². The van der Waals surface area contributed by atoms with Crippen molar-refractivity contribution in [2.75, 3.05) is 53.4 Å². The monoisotopic (exact) mass is 257 g/mol. The predicted octanol–water partition coefficient (Wildman–Crippen LogP) is -1.01. The molecule has 1 N–H and O–H groups in total. The second-order valence-electron chi connectivity index (χ2n) is 4.77. The smallest absolute Gasteiger partial charge is 0.236 e. The molecule has 1 saturated heterocycles. The number of carbonyl (C=O) groups is 2. The molecule has 1 aliphatic rings. The van der Waals surface area contributed by atoms with E-state index in [0.717, 1.165) is 13.1 Å². The molecule has 1 rings (SSSR count). The third kappa shape index (κ3) is 4.62. The molecular formula is C12H23N3O3. The highest BCUT2D eigenvalue weighted by atomic mass is 16.3. The molecule has 0 aromatic carbocycles. The maximum absolute atomic E-state index is 11.7. The largest absolute Gasteiger partial charge is 0.396 e. The highest BCUT2D eigenvalue weighted by Crippen LogP contribution is 2.05. The van der Waals surface area contributed by atoms with E-state index in [1.54, 1.807) is 19.0 Å². The van der Waals surface area contributed by atoms with Gasteiger partial charge in [0.25, 0.3) is 0 Å². The maximum atomic E-state index is 11.7. The van der Waals surface area contributed by atoms with Crippen LogP contribution in [-0.4, -0.2) is 85.0 Å². The first-order chi connectivity index (χ1) is 8.54. The Hall–Kier alpha value is -1.14. The van der Waals surface area contributed by atoms with Crippen LogP contribution >= 0.6 is 0 Å². The van der Waals surface area contributed by atoms with Gasteiger partial charge in [0.05, 0.1) is 6.54 Å². The van der Waals surface area contributed by atoms with Gasteiger partial charge in [-0.15, -0.1) is 0 Å². The Labute approximate surface area is 108 Å². The van der Waals surface area contributed by atoms with Gasteiger partial charge >= 0.3 is 0 Å². The first kappa shape index (κ1) is 14.9. The Bertz CT molecular complexity index is 286. The Morgan fingerprint density at radius 3 is 2.28 bits per heavy atom. The van der Waals surface area contributed by atoms with Gasteiger partial charge in [0.15, 0.2) is 0 Å². The molecule has 1 heterocycles. The molecule has 0 radical (unpaired) electrons. The second-order valence-corrected chi connectivity index (χ2v) is 4.77. The molecule has 2 amide bonds. The van der Waals surface area contributed by atoms with E-state index < -0.39 is 0 Å². The Morgan fingerprint density at radius 2 is 1.78 bits per heavy atom. The lowest BCUT2D eigenvalue weighted by molar-refractivity contribution is -0.134. The van der Waals surface area contributed by atoms with Gasteiger partial charge in [-0.1, -0.05) is 0 Å². The molecule has 1 aliphatic heterocycles. The Balaban J connectivity index is 2.28. The number of aliphatic hydroxyl groups is 1. The lowest BCUT2D eigenvalue weighted by Gasteiger charge is -2.34. The van der Waals surface area contributed by atoms with Crippen LogP contribution in [0.25, 0.3) is 0 Å². The van der Waals surface area contributed by atoms with Crippen molar-refractivity contribution >= 4 is 11.8 Å². The van der Waals surface area contributed by atoms with Gasteiger partial charge in [0, 0.05) is 53.3 Å². The second kappa shape index (κ2) is 7.33. The zero-order valence-electron chi connectivity index (χ0n) is 11.3. The van der Waals surface area contributed by atoms with Crippen LogP contribution in [0, 0.1) is 0 Å². The molecular weight excluding hydrogens is 234 g/mol. The standard InChI is InChI=1S/C12H23N3O3/c1-13(2)12(18)10-14-5-7-15(8-6-14)11(17)4-3-9-16/h16H,3-10H2,1-2H3. The molecule has 0 aliphatic carbocycles. The first-order valence-corrected chi connectivity index (χ1v) is 6.35. The Kier molecular flexibility index (Phi) is 6.07. The van der Waals surface area contributed by atoms with E-state index in [2.05, 4.69) is 4.90 Å². The minimum absolute atomic E-state index is 0.0586. The summed E-state index contributed by atoms with van der Waals surface area (Å²) >= 11 is 0. The molecule has 1 fully saturated rings. The van der Waals surface area contributed by atoms with Crippen molar-refractivity contribution in [3.8, 4) is 0 Å². The SMILES string of the molecule is CN(C)C(=O)CN1CCN(C(=O)CCCO)CC1. The van der Waals surface area contributed by atoms with Gasteiger partial charge in [-0.2, -0.15) is 0 Å². The molecule has 104 valence electrons. The summed E-state index contributed by atoms with van der Waals surface area (Å²) in [6.07, 6.45) is 0.936. The van der Waals surface area contributed by atoms with Gasteiger partial charge in [-0.25, -0.2) is 0 Å². The summed E-state index contributed by atoms with van der Waals surface area (Å²) in [6, 6.07) is 0. The minimum Gasteiger partial charge on any atom is -0.396 e. The number of carbonyl (C=O) groups excluding carboxylic acids is 2. The Morgan fingerprint density at radius 1 is 1.17 bits per heavy atom. The van der Waals surface area contributed by atoms with Crippen LogP contribution < -0.4 is 0 Å². The summed E-state index contributed by atoms with van der Waals surface area (Å²) in [7, 11) is 3.49.